The Morgan fingerprint density at radius 1 is 1.33 bits per heavy atom. The van der Waals surface area contributed by atoms with Crippen molar-refractivity contribution < 1.29 is 24.0 Å². The highest BCUT2D eigenvalue weighted by molar-refractivity contribution is 8.16. The number of esters is 1. The van der Waals surface area contributed by atoms with Crippen LogP contribution in [-0.4, -0.2) is 65.2 Å². The summed E-state index contributed by atoms with van der Waals surface area (Å²) in [5.74, 6) is -0.601. The molecule has 0 spiro atoms. The molecule has 3 aliphatic heterocycles. The molecule has 10 nitrogen and oxygen atoms in total. The van der Waals surface area contributed by atoms with Gasteiger partial charge in [-0.3, -0.25) is 14.9 Å². The molecule has 0 aliphatic carbocycles. The molecule has 0 N–H and O–H groups in total. The van der Waals surface area contributed by atoms with Crippen molar-refractivity contribution in [2.45, 2.75) is 25.8 Å². The molecule has 33 heavy (non-hydrogen) atoms. The summed E-state index contributed by atoms with van der Waals surface area (Å²) in [6, 6.07) is 5.49. The van der Waals surface area contributed by atoms with Gasteiger partial charge in [-0.2, -0.15) is 0 Å². The number of thioether (sulfide) groups is 1. The van der Waals surface area contributed by atoms with Crippen LogP contribution in [0.3, 0.4) is 0 Å². The Bertz CT molecular complexity index is 1080. The van der Waals surface area contributed by atoms with Gasteiger partial charge in [0.05, 0.1) is 49.0 Å². The van der Waals surface area contributed by atoms with Crippen LogP contribution >= 0.6 is 11.8 Å². The number of nitrogens with zero attached hydrogens (tertiary/aromatic N) is 4. The Hall–Kier alpha value is -3.18. The van der Waals surface area contributed by atoms with Gasteiger partial charge in [0.25, 0.3) is 5.69 Å². The summed E-state index contributed by atoms with van der Waals surface area (Å²) in [7, 11) is 1.30. The van der Waals surface area contributed by atoms with E-state index in [0.29, 0.717) is 60.4 Å². The van der Waals surface area contributed by atoms with Crippen LogP contribution < -0.4 is 0 Å². The van der Waals surface area contributed by atoms with E-state index < -0.39 is 16.9 Å². The second-order valence-corrected chi connectivity index (χ2v) is 8.46. The molecule has 1 atom stereocenters. The third kappa shape index (κ3) is 4.51. The normalized spacial score (nSPS) is 20.2. The minimum absolute atomic E-state index is 0.0471. The summed E-state index contributed by atoms with van der Waals surface area (Å²) in [5, 5.41) is 13.9. The van der Waals surface area contributed by atoms with Crippen LogP contribution in [-0.2, 0) is 19.1 Å². The van der Waals surface area contributed by atoms with Crippen molar-refractivity contribution in [2.75, 3.05) is 33.4 Å². The van der Waals surface area contributed by atoms with E-state index in [-0.39, 0.29) is 18.0 Å². The first-order valence-corrected chi connectivity index (χ1v) is 11.5. The smallest absolute Gasteiger partial charge is 0.338 e. The van der Waals surface area contributed by atoms with Gasteiger partial charge >= 0.3 is 5.97 Å². The number of ether oxygens (including phenoxy) is 2. The molecular weight excluding hydrogens is 448 g/mol. The van der Waals surface area contributed by atoms with Crippen molar-refractivity contribution in [1.82, 2.24) is 9.80 Å². The number of hydrogen-bond donors (Lipinski definition) is 0. The lowest BCUT2D eigenvalue weighted by atomic mass is 9.92. The molecule has 3 aliphatic rings. The fourth-order valence-corrected chi connectivity index (χ4v) is 5.05. The van der Waals surface area contributed by atoms with Gasteiger partial charge in [-0.1, -0.05) is 30.8 Å². The number of methoxy groups -OCH3 is 1. The summed E-state index contributed by atoms with van der Waals surface area (Å²) in [5.41, 5.74) is 2.03. The number of rotatable bonds is 6. The minimum Gasteiger partial charge on any atom is -0.466 e. The molecule has 1 saturated heterocycles. The third-order valence-electron chi connectivity index (χ3n) is 5.72. The number of morpholine rings is 1. The van der Waals surface area contributed by atoms with Crippen LogP contribution in [0.2, 0.25) is 0 Å². The maximum Gasteiger partial charge on any atom is 0.338 e. The van der Waals surface area contributed by atoms with Crippen LogP contribution in [0.15, 0.2) is 51.6 Å². The lowest BCUT2D eigenvalue weighted by Crippen LogP contribution is -2.42. The summed E-state index contributed by atoms with van der Waals surface area (Å²) >= 11 is 1.37. The van der Waals surface area contributed by atoms with E-state index in [1.54, 1.807) is 17.0 Å². The number of nitro groups is 1. The fourth-order valence-electron chi connectivity index (χ4n) is 4.12. The first-order chi connectivity index (χ1) is 15.9. The lowest BCUT2D eigenvalue weighted by molar-refractivity contribution is -0.384. The van der Waals surface area contributed by atoms with Gasteiger partial charge in [-0.15, -0.1) is 0 Å². The van der Waals surface area contributed by atoms with Crippen molar-refractivity contribution in [1.29, 1.82) is 0 Å². The molecule has 11 heteroatoms. The highest BCUT2D eigenvalue weighted by atomic mass is 32.2. The molecule has 1 fully saturated rings. The van der Waals surface area contributed by atoms with Crippen molar-refractivity contribution >= 4 is 34.5 Å². The van der Waals surface area contributed by atoms with Crippen molar-refractivity contribution in [3.05, 3.63) is 62.3 Å². The van der Waals surface area contributed by atoms with Gasteiger partial charge in [0, 0.05) is 30.9 Å². The number of amides is 1. The number of carbonyl (C=O) groups excluding carboxylic acids is 2. The van der Waals surface area contributed by atoms with Gasteiger partial charge in [-0.25, -0.2) is 9.79 Å². The Kier molecular flexibility index (Phi) is 6.80. The summed E-state index contributed by atoms with van der Waals surface area (Å²) in [6.45, 7) is 3.95. The lowest BCUT2D eigenvalue weighted by Gasteiger charge is -2.37. The Morgan fingerprint density at radius 2 is 2.09 bits per heavy atom. The predicted molar refractivity (Wildman–Crippen MR) is 122 cm³/mol. The molecule has 1 amide bonds. The van der Waals surface area contributed by atoms with Crippen molar-refractivity contribution in [2.24, 2.45) is 4.99 Å². The Morgan fingerprint density at radius 3 is 2.76 bits per heavy atom. The molecule has 0 saturated carbocycles. The maximum atomic E-state index is 13.0. The zero-order valence-corrected chi connectivity index (χ0v) is 19.2. The van der Waals surface area contributed by atoms with E-state index in [1.165, 1.54) is 31.0 Å². The number of hydrogen-bond acceptors (Lipinski definition) is 9. The van der Waals surface area contributed by atoms with Gasteiger partial charge in [-0.05, 0) is 17.4 Å². The Balaban J connectivity index is 1.75. The second-order valence-electron chi connectivity index (χ2n) is 7.62. The molecular formula is C22H24N4O6S. The van der Waals surface area contributed by atoms with E-state index in [0.717, 1.165) is 0 Å². The maximum absolute atomic E-state index is 13.0. The molecule has 1 unspecified atom stereocenters. The number of carbonyl (C=O) groups is 2. The third-order valence-corrected chi connectivity index (χ3v) is 6.61. The topological polar surface area (TPSA) is 115 Å². The van der Waals surface area contributed by atoms with Crippen molar-refractivity contribution in [3.8, 4) is 0 Å². The highest BCUT2D eigenvalue weighted by Crippen LogP contribution is 2.46. The van der Waals surface area contributed by atoms with Crippen LogP contribution in [0, 0.1) is 10.1 Å². The quantitative estimate of drug-likeness (QED) is 0.353. The van der Waals surface area contributed by atoms with Gasteiger partial charge in [0.15, 0.2) is 5.17 Å². The van der Waals surface area contributed by atoms with Crippen LogP contribution in [0.5, 0.6) is 0 Å². The zero-order valence-electron chi connectivity index (χ0n) is 18.4. The SMILES string of the molecule is CCC1=C(C(=O)OC)C(c2cccc([N+](=O)[O-])c2)N2C(CC(=O)N3CCOCC3)=CSC2=N1. The zero-order chi connectivity index (χ0) is 23.5. The van der Waals surface area contributed by atoms with E-state index >= 15 is 0 Å². The monoisotopic (exact) mass is 472 g/mol. The highest BCUT2D eigenvalue weighted by Gasteiger charge is 2.42. The second kappa shape index (κ2) is 9.75. The Labute approximate surface area is 195 Å². The molecule has 3 heterocycles. The number of non-ortho nitro benzene ring substituents is 1. The molecule has 1 aromatic carbocycles. The molecule has 0 aromatic heterocycles. The summed E-state index contributed by atoms with van der Waals surface area (Å²) in [4.78, 5) is 45.1. The standard InChI is InChI=1S/C22H24N4O6S/c1-3-17-19(21(28)31-2)20(14-5-4-6-15(11-14)26(29)30)25-16(13-33-22(25)23-17)12-18(27)24-7-9-32-10-8-24/h4-6,11,13,20H,3,7-10,12H2,1-2H3. The largest absolute Gasteiger partial charge is 0.466 e. The van der Waals surface area contributed by atoms with Crippen LogP contribution in [0.25, 0.3) is 0 Å². The molecule has 1 aromatic rings. The molecule has 174 valence electrons. The van der Waals surface area contributed by atoms with E-state index in [9.17, 15) is 19.7 Å². The molecule has 0 radical (unpaired) electrons. The number of nitro benzene ring substituents is 1. The average molecular weight is 473 g/mol. The van der Waals surface area contributed by atoms with Gasteiger partial charge in [0.1, 0.15) is 0 Å². The van der Waals surface area contributed by atoms with Gasteiger partial charge < -0.3 is 19.3 Å². The molecule has 0 bridgehead atoms. The van der Waals surface area contributed by atoms with Gasteiger partial charge in [0.2, 0.25) is 5.91 Å². The summed E-state index contributed by atoms with van der Waals surface area (Å²) < 4.78 is 10.4. The number of fused-ring (bicyclic) bond motifs is 1. The number of amidine groups is 1. The fraction of sp³-hybridized carbons (Fsp3) is 0.409. The number of benzene rings is 1. The first-order valence-electron chi connectivity index (χ1n) is 10.6. The van der Waals surface area contributed by atoms with E-state index in [1.807, 2.05) is 17.2 Å². The molecule has 4 rings (SSSR count). The first kappa shape index (κ1) is 23.0. The average Bonchev–Trinajstić information content (AvgIpc) is 3.24. The van der Waals surface area contributed by atoms with Crippen LogP contribution in [0.1, 0.15) is 31.4 Å². The van der Waals surface area contributed by atoms with E-state index in [2.05, 4.69) is 4.99 Å². The number of aliphatic imine (C=N–C) groups is 1. The van der Waals surface area contributed by atoms with Crippen LogP contribution in [0.4, 0.5) is 5.69 Å². The summed E-state index contributed by atoms with van der Waals surface area (Å²) in [6.07, 6.45) is 0.600. The minimum atomic E-state index is -0.696. The van der Waals surface area contributed by atoms with Crippen molar-refractivity contribution in [3.63, 3.8) is 0 Å². The van der Waals surface area contributed by atoms with E-state index in [4.69, 9.17) is 9.47 Å². The number of allylic oxidation sites excluding steroid dienone is 1. The predicted octanol–water partition coefficient (Wildman–Crippen LogP) is 2.98.